The molecule has 0 saturated carbocycles. The minimum atomic E-state index is -0.785. The Balaban J connectivity index is 0.000000177. The number of benzene rings is 2. The summed E-state index contributed by atoms with van der Waals surface area (Å²) in [6.45, 7) is 4.42. The lowest BCUT2D eigenvalue weighted by atomic mass is 9.83. The van der Waals surface area contributed by atoms with Crippen LogP contribution in [0.5, 0.6) is 0 Å². The fourth-order valence-electron chi connectivity index (χ4n) is 3.42. The van der Waals surface area contributed by atoms with E-state index in [1.54, 1.807) is 19.9 Å². The highest BCUT2D eigenvalue weighted by Crippen LogP contribution is 2.28. The molecule has 2 aliphatic rings. The summed E-state index contributed by atoms with van der Waals surface area (Å²) in [4.78, 5) is 22.7. The summed E-state index contributed by atoms with van der Waals surface area (Å²) < 4.78 is 39.7. The molecule has 0 aromatic heterocycles. The highest BCUT2D eigenvalue weighted by atomic mass is 19.1. The van der Waals surface area contributed by atoms with Crippen LogP contribution in [0.15, 0.2) is 24.3 Å². The van der Waals surface area contributed by atoms with Crippen molar-refractivity contribution in [3.63, 3.8) is 0 Å². The van der Waals surface area contributed by atoms with E-state index < -0.39 is 28.8 Å². The fourth-order valence-corrected chi connectivity index (χ4v) is 3.42. The molecule has 0 atom stereocenters. The predicted molar refractivity (Wildman–Crippen MR) is 103 cm³/mol. The Morgan fingerprint density at radius 2 is 1.37 bits per heavy atom. The zero-order chi connectivity index (χ0) is 22.1. The molecule has 8 heteroatoms. The van der Waals surface area contributed by atoms with Crippen molar-refractivity contribution in [2.45, 2.75) is 32.1 Å². The molecule has 5 nitrogen and oxygen atoms in total. The lowest BCUT2D eigenvalue weighted by molar-refractivity contribution is 0.0932. The third-order valence-electron chi connectivity index (χ3n) is 5.12. The number of nitriles is 1. The minimum Gasteiger partial charge on any atom is -0.352 e. The summed E-state index contributed by atoms with van der Waals surface area (Å²) in [5.74, 6) is -2.79. The van der Waals surface area contributed by atoms with E-state index in [0.29, 0.717) is 42.6 Å². The molecule has 0 fully saturated rings. The van der Waals surface area contributed by atoms with E-state index in [9.17, 15) is 22.8 Å². The maximum Gasteiger partial charge on any atom is 0.254 e. The van der Waals surface area contributed by atoms with Crippen molar-refractivity contribution in [3.8, 4) is 6.07 Å². The van der Waals surface area contributed by atoms with E-state index in [4.69, 9.17) is 5.26 Å². The summed E-state index contributed by atoms with van der Waals surface area (Å²) in [5.41, 5.74) is 1.10. The van der Waals surface area contributed by atoms with Crippen LogP contribution in [0.3, 0.4) is 0 Å². The van der Waals surface area contributed by atoms with Gasteiger partial charge in [-0.1, -0.05) is 6.07 Å². The molecule has 0 radical (unpaired) electrons. The Morgan fingerprint density at radius 3 is 1.90 bits per heavy atom. The maximum atomic E-state index is 13.9. The van der Waals surface area contributed by atoms with Crippen LogP contribution in [0.1, 0.15) is 51.3 Å². The number of halogens is 3. The Kier molecular flexibility index (Phi) is 5.83. The van der Waals surface area contributed by atoms with Crippen molar-refractivity contribution >= 4 is 11.8 Å². The third-order valence-corrected chi connectivity index (χ3v) is 5.12. The molecule has 4 rings (SSSR count). The van der Waals surface area contributed by atoms with Gasteiger partial charge >= 0.3 is 0 Å². The third kappa shape index (κ3) is 4.15. The first-order valence-electron chi connectivity index (χ1n) is 9.42. The van der Waals surface area contributed by atoms with E-state index in [1.807, 2.05) is 0 Å². The largest absolute Gasteiger partial charge is 0.352 e. The van der Waals surface area contributed by atoms with Crippen molar-refractivity contribution in [2.75, 3.05) is 13.1 Å². The number of hydrogen-bond donors (Lipinski definition) is 2. The molecular weight excluding hydrogens is 395 g/mol. The van der Waals surface area contributed by atoms with Gasteiger partial charge in [0.05, 0.1) is 22.6 Å². The number of rotatable bonds is 1. The molecule has 2 heterocycles. The average molecular weight is 415 g/mol. The summed E-state index contributed by atoms with van der Waals surface area (Å²) >= 11 is 0. The standard InChI is InChI=1S/C13H13FN2O.C9H7F2NO/c1-13(2,7-15)9-5-8-3-4-16-12(17)11(8)10(14)6-9;10-6-3-5-1-2-12-9(13)8(5)7(11)4-6/h5-6H,3-4H2,1-2H3,(H,16,17);3-4H,1-2H2,(H,12,13). The van der Waals surface area contributed by atoms with E-state index >= 15 is 0 Å². The number of nitrogens with zero attached hydrogens (tertiary/aromatic N) is 1. The van der Waals surface area contributed by atoms with Gasteiger partial charge in [0.2, 0.25) is 0 Å². The van der Waals surface area contributed by atoms with Crippen LogP contribution in [-0.4, -0.2) is 24.9 Å². The molecule has 0 spiro atoms. The lowest BCUT2D eigenvalue weighted by Crippen LogP contribution is -2.33. The van der Waals surface area contributed by atoms with Crippen LogP contribution < -0.4 is 10.6 Å². The molecule has 156 valence electrons. The summed E-state index contributed by atoms with van der Waals surface area (Å²) in [5, 5.41) is 14.1. The number of amides is 2. The van der Waals surface area contributed by atoms with Crippen LogP contribution in [0, 0.1) is 28.8 Å². The summed E-state index contributed by atoms with van der Waals surface area (Å²) in [6.07, 6.45) is 1.09. The second-order valence-electron chi connectivity index (χ2n) is 7.66. The highest BCUT2D eigenvalue weighted by molar-refractivity contribution is 5.97. The van der Waals surface area contributed by atoms with Crippen LogP contribution in [0.25, 0.3) is 0 Å². The van der Waals surface area contributed by atoms with Crippen molar-refractivity contribution in [1.29, 1.82) is 5.26 Å². The topological polar surface area (TPSA) is 82.0 Å². The summed E-state index contributed by atoms with van der Waals surface area (Å²) in [6, 6.07) is 7.12. The monoisotopic (exact) mass is 415 g/mol. The number of carbonyl (C=O) groups excluding carboxylic acids is 2. The molecule has 2 amide bonds. The molecule has 0 bridgehead atoms. The molecule has 2 aromatic rings. The normalized spacial score (nSPS) is 14.9. The number of hydrogen-bond acceptors (Lipinski definition) is 3. The Bertz CT molecular complexity index is 1070. The maximum absolute atomic E-state index is 13.9. The van der Waals surface area contributed by atoms with Gasteiger partial charge in [0.1, 0.15) is 17.5 Å². The van der Waals surface area contributed by atoms with Gasteiger partial charge in [-0.15, -0.1) is 0 Å². The molecule has 2 aliphatic heterocycles. The average Bonchev–Trinajstić information content (AvgIpc) is 2.67. The Hall–Kier alpha value is -3.34. The quantitative estimate of drug-likeness (QED) is 0.751. The first kappa shape index (κ1) is 21.4. The fraction of sp³-hybridized carbons (Fsp3) is 0.318. The summed E-state index contributed by atoms with van der Waals surface area (Å²) in [7, 11) is 0. The molecule has 0 unspecified atom stereocenters. The zero-order valence-corrected chi connectivity index (χ0v) is 16.5. The molecule has 30 heavy (non-hydrogen) atoms. The molecule has 0 saturated heterocycles. The molecule has 2 aromatic carbocycles. The molecular formula is C22H20F3N3O2. The van der Waals surface area contributed by atoms with Gasteiger partial charge < -0.3 is 10.6 Å². The lowest BCUT2D eigenvalue weighted by Gasteiger charge is -2.22. The zero-order valence-electron chi connectivity index (χ0n) is 16.5. The van der Waals surface area contributed by atoms with Gasteiger partial charge in [-0.25, -0.2) is 13.2 Å². The smallest absolute Gasteiger partial charge is 0.254 e. The van der Waals surface area contributed by atoms with Gasteiger partial charge in [0.15, 0.2) is 0 Å². The van der Waals surface area contributed by atoms with Gasteiger partial charge in [-0.2, -0.15) is 5.26 Å². The van der Waals surface area contributed by atoms with Crippen LogP contribution in [0.2, 0.25) is 0 Å². The van der Waals surface area contributed by atoms with E-state index in [0.717, 1.165) is 6.07 Å². The first-order chi connectivity index (χ1) is 14.1. The van der Waals surface area contributed by atoms with Crippen LogP contribution in [0.4, 0.5) is 13.2 Å². The van der Waals surface area contributed by atoms with Gasteiger partial charge in [-0.3, -0.25) is 9.59 Å². The minimum absolute atomic E-state index is 0.0207. The SMILES string of the molecule is CC(C)(C#N)c1cc(F)c2c(c1)CCNC2=O.O=C1NCCc2cc(F)cc(F)c21. The van der Waals surface area contributed by atoms with Crippen LogP contribution >= 0.6 is 0 Å². The van der Waals surface area contributed by atoms with Gasteiger partial charge in [0, 0.05) is 19.2 Å². The Morgan fingerprint density at radius 1 is 0.867 bits per heavy atom. The number of nitrogens with one attached hydrogen (secondary N) is 2. The predicted octanol–water partition coefficient (Wildman–Crippen LogP) is 3.16. The van der Waals surface area contributed by atoms with Crippen LogP contribution in [-0.2, 0) is 18.3 Å². The van der Waals surface area contributed by atoms with Gasteiger partial charge in [-0.05, 0) is 55.5 Å². The Labute approximate surface area is 171 Å². The molecule has 2 N–H and O–H groups in total. The van der Waals surface area contributed by atoms with E-state index in [1.165, 1.54) is 12.1 Å². The molecule has 0 aliphatic carbocycles. The van der Waals surface area contributed by atoms with Crippen molar-refractivity contribution < 1.29 is 22.8 Å². The van der Waals surface area contributed by atoms with Crippen molar-refractivity contribution in [2.24, 2.45) is 0 Å². The number of carbonyl (C=O) groups is 2. The second-order valence-corrected chi connectivity index (χ2v) is 7.66. The van der Waals surface area contributed by atoms with Gasteiger partial charge in [0.25, 0.3) is 11.8 Å². The first-order valence-corrected chi connectivity index (χ1v) is 9.42. The van der Waals surface area contributed by atoms with E-state index in [2.05, 4.69) is 16.7 Å². The highest BCUT2D eigenvalue weighted by Gasteiger charge is 2.27. The second kappa shape index (κ2) is 8.19. The van der Waals surface area contributed by atoms with E-state index in [-0.39, 0.29) is 17.0 Å². The number of fused-ring (bicyclic) bond motifs is 2. The van der Waals surface area contributed by atoms with Crippen molar-refractivity contribution in [1.82, 2.24) is 10.6 Å². The van der Waals surface area contributed by atoms with Crippen molar-refractivity contribution in [3.05, 3.63) is 69.5 Å².